The molecular formula is C15H19BrN2O2. The number of nitrogens with two attached hydrogens (primary N) is 1. The highest BCUT2D eigenvalue weighted by molar-refractivity contribution is 9.10. The van der Waals surface area contributed by atoms with E-state index < -0.39 is 0 Å². The minimum Gasteiger partial charge on any atom is -0.369 e. The highest BCUT2D eigenvalue weighted by Gasteiger charge is 2.32. The first-order valence-corrected chi connectivity index (χ1v) is 7.56. The van der Waals surface area contributed by atoms with E-state index in [0.29, 0.717) is 12.1 Å². The average Bonchev–Trinajstić information content (AvgIpc) is 2.41. The number of aryl methyl sites for hydroxylation is 1. The number of piperidine rings is 1. The quantitative estimate of drug-likeness (QED) is 0.900. The summed E-state index contributed by atoms with van der Waals surface area (Å²) in [5, 5.41) is 0. The molecule has 0 aromatic heterocycles. The summed E-state index contributed by atoms with van der Waals surface area (Å²) in [6.07, 6.45) is 1.57. The van der Waals surface area contributed by atoms with Gasteiger partial charge in [0.05, 0.1) is 11.5 Å². The zero-order valence-corrected chi connectivity index (χ0v) is 13.3. The summed E-state index contributed by atoms with van der Waals surface area (Å²) in [4.78, 5) is 25.8. The Bertz CT molecular complexity index is 545. The lowest BCUT2D eigenvalue weighted by Crippen LogP contribution is -2.48. The molecule has 2 unspecified atom stereocenters. The maximum Gasteiger partial charge on any atom is 0.255 e. The number of carbonyl (C=O) groups is 2. The predicted molar refractivity (Wildman–Crippen MR) is 81.3 cm³/mol. The molecule has 2 N–H and O–H groups in total. The molecule has 1 aromatic rings. The molecule has 1 aliphatic rings. The molecule has 0 bridgehead atoms. The van der Waals surface area contributed by atoms with Crippen LogP contribution in [-0.4, -0.2) is 29.3 Å². The number of hydrogen-bond donors (Lipinski definition) is 1. The van der Waals surface area contributed by atoms with Gasteiger partial charge < -0.3 is 10.6 Å². The molecule has 20 heavy (non-hydrogen) atoms. The summed E-state index contributed by atoms with van der Waals surface area (Å²) < 4.78 is 0.818. The first-order valence-electron chi connectivity index (χ1n) is 6.77. The number of benzene rings is 1. The zero-order valence-electron chi connectivity index (χ0n) is 11.7. The van der Waals surface area contributed by atoms with E-state index in [9.17, 15) is 9.59 Å². The summed E-state index contributed by atoms with van der Waals surface area (Å²) in [7, 11) is 0. The van der Waals surface area contributed by atoms with Gasteiger partial charge >= 0.3 is 0 Å². The Morgan fingerprint density at radius 1 is 1.35 bits per heavy atom. The molecule has 1 saturated heterocycles. The van der Waals surface area contributed by atoms with Crippen LogP contribution >= 0.6 is 15.9 Å². The summed E-state index contributed by atoms with van der Waals surface area (Å²) in [6.45, 7) is 4.38. The molecule has 2 atom stereocenters. The van der Waals surface area contributed by atoms with Gasteiger partial charge in [-0.2, -0.15) is 0 Å². The van der Waals surface area contributed by atoms with E-state index in [2.05, 4.69) is 15.9 Å². The molecule has 0 radical (unpaired) electrons. The fraction of sp³-hybridized carbons (Fsp3) is 0.467. The second-order valence-electron chi connectivity index (χ2n) is 5.42. The molecule has 1 aromatic carbocycles. The number of hydrogen-bond acceptors (Lipinski definition) is 2. The maximum atomic E-state index is 12.7. The van der Waals surface area contributed by atoms with E-state index in [1.807, 2.05) is 26.0 Å². The van der Waals surface area contributed by atoms with Crippen molar-refractivity contribution < 1.29 is 9.59 Å². The van der Waals surface area contributed by atoms with Crippen LogP contribution in [0.2, 0.25) is 0 Å². The fourth-order valence-corrected chi connectivity index (χ4v) is 3.02. The number of carbonyl (C=O) groups excluding carboxylic acids is 2. The van der Waals surface area contributed by atoms with E-state index in [-0.39, 0.29) is 23.8 Å². The molecule has 1 aliphatic heterocycles. The lowest BCUT2D eigenvalue weighted by Gasteiger charge is -2.37. The summed E-state index contributed by atoms with van der Waals surface area (Å²) >= 11 is 3.47. The van der Waals surface area contributed by atoms with Crippen LogP contribution in [0.3, 0.4) is 0 Å². The zero-order chi connectivity index (χ0) is 14.9. The van der Waals surface area contributed by atoms with Crippen LogP contribution in [-0.2, 0) is 4.79 Å². The van der Waals surface area contributed by atoms with Gasteiger partial charge in [0.2, 0.25) is 5.91 Å². The van der Waals surface area contributed by atoms with Crippen molar-refractivity contribution >= 4 is 27.7 Å². The van der Waals surface area contributed by atoms with Crippen molar-refractivity contribution in [2.24, 2.45) is 11.7 Å². The molecule has 2 amide bonds. The van der Waals surface area contributed by atoms with Crippen LogP contribution < -0.4 is 5.73 Å². The van der Waals surface area contributed by atoms with E-state index in [4.69, 9.17) is 5.73 Å². The van der Waals surface area contributed by atoms with Crippen LogP contribution in [0.4, 0.5) is 0 Å². The van der Waals surface area contributed by atoms with Crippen molar-refractivity contribution in [3.8, 4) is 0 Å². The molecular weight excluding hydrogens is 320 g/mol. The highest BCUT2D eigenvalue weighted by atomic mass is 79.9. The van der Waals surface area contributed by atoms with Gasteiger partial charge in [-0.05, 0) is 54.2 Å². The molecule has 108 valence electrons. The largest absolute Gasteiger partial charge is 0.369 e. The Kier molecular flexibility index (Phi) is 4.48. The van der Waals surface area contributed by atoms with Gasteiger partial charge in [-0.15, -0.1) is 0 Å². The first kappa shape index (κ1) is 15.0. The van der Waals surface area contributed by atoms with Gasteiger partial charge in [0.15, 0.2) is 0 Å². The molecule has 1 fully saturated rings. The van der Waals surface area contributed by atoms with E-state index in [0.717, 1.165) is 22.9 Å². The third-order valence-corrected chi connectivity index (χ3v) is 5.02. The molecule has 1 heterocycles. The van der Waals surface area contributed by atoms with E-state index in [1.165, 1.54) is 0 Å². The molecule has 0 spiro atoms. The number of rotatable bonds is 2. The average molecular weight is 339 g/mol. The third-order valence-electron chi connectivity index (χ3n) is 3.97. The molecule has 5 heteroatoms. The number of likely N-dealkylation sites (tertiary alicyclic amines) is 1. The Morgan fingerprint density at radius 2 is 2.05 bits per heavy atom. The molecule has 4 nitrogen and oxygen atoms in total. The van der Waals surface area contributed by atoms with Crippen LogP contribution in [0, 0.1) is 12.8 Å². The van der Waals surface area contributed by atoms with Gasteiger partial charge in [0, 0.05) is 17.1 Å². The molecule has 0 saturated carbocycles. The van der Waals surface area contributed by atoms with Gasteiger partial charge in [0.1, 0.15) is 0 Å². The van der Waals surface area contributed by atoms with Crippen LogP contribution in [0.25, 0.3) is 0 Å². The van der Waals surface area contributed by atoms with Gasteiger partial charge in [0.25, 0.3) is 5.91 Å². The minimum absolute atomic E-state index is 0.0426. The molecule has 2 rings (SSSR count). The number of halogens is 1. The van der Waals surface area contributed by atoms with Crippen LogP contribution in [0.15, 0.2) is 22.7 Å². The number of nitrogens with zero attached hydrogens (tertiary/aromatic N) is 1. The van der Waals surface area contributed by atoms with Gasteiger partial charge in [-0.1, -0.05) is 12.1 Å². The SMILES string of the molecule is Cc1cccc(C(=O)N2CC(C(N)=O)CCC2C)c1Br. The Hall–Kier alpha value is -1.36. The van der Waals surface area contributed by atoms with Crippen molar-refractivity contribution in [1.82, 2.24) is 4.90 Å². The summed E-state index contributed by atoms with van der Waals surface area (Å²) in [6, 6.07) is 5.76. The third kappa shape index (κ3) is 2.87. The maximum absolute atomic E-state index is 12.7. The van der Waals surface area contributed by atoms with Crippen molar-refractivity contribution in [2.45, 2.75) is 32.7 Å². The standard InChI is InChI=1S/C15H19BrN2O2/c1-9-4-3-5-12(13(9)16)15(20)18-8-11(14(17)19)7-6-10(18)2/h3-5,10-11H,6-8H2,1-2H3,(H2,17,19). The van der Waals surface area contributed by atoms with Crippen molar-refractivity contribution in [3.63, 3.8) is 0 Å². The molecule has 0 aliphatic carbocycles. The lowest BCUT2D eigenvalue weighted by atomic mass is 9.92. The minimum atomic E-state index is -0.321. The number of primary amides is 1. The van der Waals surface area contributed by atoms with Crippen LogP contribution in [0.1, 0.15) is 35.7 Å². The van der Waals surface area contributed by atoms with Crippen molar-refractivity contribution in [2.75, 3.05) is 6.54 Å². The Morgan fingerprint density at radius 3 is 2.70 bits per heavy atom. The summed E-state index contributed by atoms with van der Waals surface area (Å²) in [5.41, 5.74) is 7.04. The topological polar surface area (TPSA) is 63.4 Å². The predicted octanol–water partition coefficient (Wildman–Crippen LogP) is 2.48. The van der Waals surface area contributed by atoms with E-state index in [1.54, 1.807) is 11.0 Å². The Balaban J connectivity index is 2.26. The monoisotopic (exact) mass is 338 g/mol. The second-order valence-corrected chi connectivity index (χ2v) is 6.21. The lowest BCUT2D eigenvalue weighted by molar-refractivity contribution is -0.123. The van der Waals surface area contributed by atoms with Crippen LogP contribution in [0.5, 0.6) is 0 Å². The number of amides is 2. The normalized spacial score (nSPS) is 22.6. The van der Waals surface area contributed by atoms with Gasteiger partial charge in [-0.25, -0.2) is 0 Å². The van der Waals surface area contributed by atoms with Crippen molar-refractivity contribution in [3.05, 3.63) is 33.8 Å². The summed E-state index contributed by atoms with van der Waals surface area (Å²) in [5.74, 6) is -0.601. The smallest absolute Gasteiger partial charge is 0.255 e. The van der Waals surface area contributed by atoms with Crippen molar-refractivity contribution in [1.29, 1.82) is 0 Å². The highest BCUT2D eigenvalue weighted by Crippen LogP contribution is 2.27. The fourth-order valence-electron chi connectivity index (χ4n) is 2.59. The second kappa shape index (κ2) is 5.95. The van der Waals surface area contributed by atoms with Gasteiger partial charge in [-0.3, -0.25) is 9.59 Å². The Labute approximate surface area is 127 Å². The first-order chi connectivity index (χ1) is 9.41. The van der Waals surface area contributed by atoms with E-state index >= 15 is 0 Å².